The zero-order chi connectivity index (χ0) is 29.5. The molecule has 0 radical (unpaired) electrons. The molecule has 0 amide bonds. The Morgan fingerprint density at radius 2 is 1.27 bits per heavy atom. The molecule has 0 aliphatic carbocycles. The quantitative estimate of drug-likeness (QED) is 0.0628. The van der Waals surface area contributed by atoms with Crippen molar-refractivity contribution in [3.8, 4) is 17.2 Å². The minimum Gasteiger partial charge on any atom is -0.507 e. The van der Waals surface area contributed by atoms with Crippen molar-refractivity contribution in [1.82, 2.24) is 0 Å². The number of esters is 1. The van der Waals surface area contributed by atoms with E-state index in [0.29, 0.717) is 30.1 Å². The monoisotopic (exact) mass is 565 g/mol. The average Bonchev–Trinajstić information content (AvgIpc) is 2.97. The van der Waals surface area contributed by atoms with Crippen molar-refractivity contribution in [1.29, 1.82) is 0 Å². The number of aliphatic imine (C=N–C) groups is 1. The van der Waals surface area contributed by atoms with E-state index in [1.165, 1.54) is 57.8 Å². The third-order valence-electron chi connectivity index (χ3n) is 6.85. The number of nitrogens with zero attached hydrogens (tertiary/aromatic N) is 1. The maximum atomic E-state index is 11.3. The van der Waals surface area contributed by atoms with Gasteiger partial charge in [0.05, 0.1) is 25.5 Å². The Kier molecular flexibility index (Phi) is 17.8. The minimum absolute atomic E-state index is 0.127. The lowest BCUT2D eigenvalue weighted by atomic mass is 10.1. The molecule has 0 unspecified atom stereocenters. The highest BCUT2D eigenvalue weighted by atomic mass is 16.5. The first-order chi connectivity index (χ1) is 20.0. The number of ether oxygens (including phenoxy) is 3. The summed E-state index contributed by atoms with van der Waals surface area (Å²) >= 11 is 0. The molecule has 0 saturated carbocycles. The normalized spacial score (nSPS) is 11.1. The Morgan fingerprint density at radius 1 is 0.756 bits per heavy atom. The van der Waals surface area contributed by atoms with Crippen LogP contribution in [0.15, 0.2) is 59.6 Å². The molecule has 0 aliphatic rings. The van der Waals surface area contributed by atoms with Gasteiger partial charge in [-0.15, -0.1) is 0 Å². The zero-order valence-electron chi connectivity index (χ0n) is 25.4. The van der Waals surface area contributed by atoms with E-state index in [2.05, 4.69) is 18.5 Å². The van der Waals surface area contributed by atoms with Gasteiger partial charge in [0.1, 0.15) is 17.2 Å². The van der Waals surface area contributed by atoms with Crippen LogP contribution in [-0.4, -0.2) is 37.1 Å². The Labute approximate surface area is 247 Å². The van der Waals surface area contributed by atoms with E-state index in [1.54, 1.807) is 25.3 Å². The van der Waals surface area contributed by atoms with E-state index >= 15 is 0 Å². The summed E-state index contributed by atoms with van der Waals surface area (Å²) in [6.45, 7) is 9.20. The highest BCUT2D eigenvalue weighted by molar-refractivity contribution is 5.87. The van der Waals surface area contributed by atoms with Crippen LogP contribution >= 0.6 is 0 Å². The Balaban J connectivity index is 1.58. The predicted octanol–water partition coefficient (Wildman–Crippen LogP) is 9.50. The summed E-state index contributed by atoms with van der Waals surface area (Å²) in [5.74, 6) is 1.27. The van der Waals surface area contributed by atoms with E-state index in [4.69, 9.17) is 14.2 Å². The molecular weight excluding hydrogens is 514 g/mol. The number of benzene rings is 2. The van der Waals surface area contributed by atoms with Gasteiger partial charge in [0.2, 0.25) is 0 Å². The van der Waals surface area contributed by atoms with Crippen molar-refractivity contribution in [2.24, 2.45) is 4.99 Å². The molecule has 2 rings (SSSR count). The SMILES string of the molecule is C=C(C)C(=O)OCCCCCCOc1ccc(C=Nc2ccc(OCCCCCCCCCCCC)cc2)c(O)c1. The molecule has 0 aliphatic heterocycles. The van der Waals surface area contributed by atoms with E-state index in [9.17, 15) is 9.90 Å². The van der Waals surface area contributed by atoms with Crippen LogP contribution in [0.4, 0.5) is 5.69 Å². The molecular formula is C35H51NO5. The molecule has 41 heavy (non-hydrogen) atoms. The number of hydrogen-bond donors (Lipinski definition) is 1. The predicted molar refractivity (Wildman–Crippen MR) is 169 cm³/mol. The minimum atomic E-state index is -0.334. The summed E-state index contributed by atoms with van der Waals surface area (Å²) in [6.07, 6.45) is 18.5. The Bertz CT molecular complexity index is 1030. The lowest BCUT2D eigenvalue weighted by Crippen LogP contribution is -2.06. The number of aromatic hydroxyl groups is 1. The van der Waals surface area contributed by atoms with E-state index in [1.807, 2.05) is 30.3 Å². The van der Waals surface area contributed by atoms with E-state index in [0.717, 1.165) is 50.1 Å². The molecule has 6 nitrogen and oxygen atoms in total. The average molecular weight is 566 g/mol. The maximum absolute atomic E-state index is 11.3. The van der Waals surface area contributed by atoms with Crippen LogP contribution in [-0.2, 0) is 9.53 Å². The van der Waals surface area contributed by atoms with Crippen LogP contribution in [0.3, 0.4) is 0 Å². The second-order valence-electron chi connectivity index (χ2n) is 10.7. The standard InChI is InChI=1S/C35H51NO5/c1-4-5-6-7-8-9-10-11-12-15-24-39-32-22-19-31(20-23-32)36-28-30-18-21-33(27-34(30)37)40-25-16-13-14-17-26-41-35(38)29(2)3/h18-23,27-28,37H,2,4-17,24-26H2,1,3H3. The summed E-state index contributed by atoms with van der Waals surface area (Å²) in [4.78, 5) is 15.8. The van der Waals surface area contributed by atoms with Gasteiger partial charge >= 0.3 is 5.97 Å². The highest BCUT2D eigenvalue weighted by Crippen LogP contribution is 2.24. The third-order valence-corrected chi connectivity index (χ3v) is 6.85. The molecule has 0 fully saturated rings. The number of rotatable bonds is 23. The molecule has 0 spiro atoms. The van der Waals surface area contributed by atoms with Crippen molar-refractivity contribution in [2.75, 3.05) is 19.8 Å². The van der Waals surface area contributed by atoms with Crippen LogP contribution in [0.25, 0.3) is 0 Å². The molecule has 6 heteroatoms. The first-order valence-electron chi connectivity index (χ1n) is 15.5. The van der Waals surface area contributed by atoms with Gasteiger partial charge < -0.3 is 19.3 Å². The Hall–Kier alpha value is -3.28. The maximum Gasteiger partial charge on any atom is 0.333 e. The van der Waals surface area contributed by atoms with Gasteiger partial charge in [-0.3, -0.25) is 4.99 Å². The topological polar surface area (TPSA) is 77.4 Å². The Morgan fingerprint density at radius 3 is 1.83 bits per heavy atom. The third kappa shape index (κ3) is 15.9. The second-order valence-corrected chi connectivity index (χ2v) is 10.7. The van der Waals surface area contributed by atoms with Crippen molar-refractivity contribution in [3.63, 3.8) is 0 Å². The van der Waals surface area contributed by atoms with E-state index < -0.39 is 0 Å². The van der Waals surface area contributed by atoms with Gasteiger partial charge in [-0.05, 0) is 75.4 Å². The van der Waals surface area contributed by atoms with Crippen LogP contribution in [0.2, 0.25) is 0 Å². The molecule has 226 valence electrons. The van der Waals surface area contributed by atoms with E-state index in [-0.39, 0.29) is 11.7 Å². The molecule has 1 N–H and O–H groups in total. The lowest BCUT2D eigenvalue weighted by molar-refractivity contribution is -0.139. The molecule has 0 aromatic heterocycles. The van der Waals surface area contributed by atoms with Gasteiger partial charge in [-0.2, -0.15) is 0 Å². The second kappa shape index (κ2) is 21.5. The molecule has 0 bridgehead atoms. The van der Waals surface area contributed by atoms with Gasteiger partial charge in [-0.1, -0.05) is 71.3 Å². The molecule has 2 aromatic rings. The molecule has 2 aromatic carbocycles. The van der Waals surface area contributed by atoms with Crippen LogP contribution in [0, 0.1) is 0 Å². The number of hydrogen-bond acceptors (Lipinski definition) is 6. The largest absolute Gasteiger partial charge is 0.507 e. The number of phenols is 1. The highest BCUT2D eigenvalue weighted by Gasteiger charge is 2.04. The van der Waals surface area contributed by atoms with Crippen LogP contribution in [0.1, 0.15) is 109 Å². The van der Waals surface area contributed by atoms with Gasteiger partial charge in [0.15, 0.2) is 0 Å². The fourth-order valence-corrected chi connectivity index (χ4v) is 4.31. The fourth-order valence-electron chi connectivity index (χ4n) is 4.31. The molecule has 0 heterocycles. The van der Waals surface area contributed by atoms with Crippen LogP contribution in [0.5, 0.6) is 17.2 Å². The van der Waals surface area contributed by atoms with Crippen molar-refractivity contribution in [2.45, 2.75) is 104 Å². The fraction of sp³-hybridized carbons (Fsp3) is 0.543. The molecule has 0 saturated heterocycles. The van der Waals surface area contributed by atoms with Crippen molar-refractivity contribution in [3.05, 3.63) is 60.2 Å². The summed E-state index contributed by atoms with van der Waals surface area (Å²) in [5.41, 5.74) is 1.85. The first-order valence-corrected chi connectivity index (χ1v) is 15.5. The zero-order valence-corrected chi connectivity index (χ0v) is 25.4. The number of unbranched alkanes of at least 4 members (excludes halogenated alkanes) is 12. The van der Waals surface area contributed by atoms with Crippen LogP contribution < -0.4 is 9.47 Å². The summed E-state index contributed by atoms with van der Waals surface area (Å²) in [7, 11) is 0. The van der Waals surface area contributed by atoms with Crippen molar-refractivity contribution < 1.29 is 24.1 Å². The summed E-state index contributed by atoms with van der Waals surface area (Å²) < 4.78 is 16.7. The number of phenolic OH excluding ortho intramolecular Hbond substituents is 1. The van der Waals surface area contributed by atoms with Crippen molar-refractivity contribution >= 4 is 17.9 Å². The smallest absolute Gasteiger partial charge is 0.333 e. The first kappa shape index (κ1) is 33.9. The molecule has 0 atom stereocenters. The van der Waals surface area contributed by atoms with Gasteiger partial charge in [-0.25, -0.2) is 4.79 Å². The summed E-state index contributed by atoms with van der Waals surface area (Å²) in [6, 6.07) is 13.0. The van der Waals surface area contributed by atoms with Gasteiger partial charge in [0, 0.05) is 23.4 Å². The number of carbonyl (C=O) groups is 1. The van der Waals surface area contributed by atoms with Gasteiger partial charge in [0.25, 0.3) is 0 Å². The number of carbonyl (C=O) groups excluding carboxylic acids is 1. The summed E-state index contributed by atoms with van der Waals surface area (Å²) in [5, 5.41) is 10.4. The lowest BCUT2D eigenvalue weighted by Gasteiger charge is -2.08.